The molecule has 0 spiro atoms. The van der Waals surface area contributed by atoms with E-state index in [2.05, 4.69) is 10.6 Å². The zero-order chi connectivity index (χ0) is 17.7. The number of carbonyl (C=O) groups excluding carboxylic acids is 1. The second-order valence-electron chi connectivity index (χ2n) is 5.16. The van der Waals surface area contributed by atoms with Crippen LogP contribution in [0.2, 0.25) is 0 Å². The largest absolute Gasteiger partial charge is 0.495 e. The number of anilines is 3. The number of ether oxygens (including phenoxy) is 1. The van der Waals surface area contributed by atoms with Crippen LogP contribution in [-0.4, -0.2) is 32.2 Å². The summed E-state index contributed by atoms with van der Waals surface area (Å²) in [6.07, 6.45) is 0. The van der Waals surface area contributed by atoms with E-state index < -0.39 is 11.0 Å². The monoisotopic (exact) mass is 330 g/mol. The van der Waals surface area contributed by atoms with Gasteiger partial charge in [-0.1, -0.05) is 0 Å². The molecule has 0 aliphatic carbocycles. The molecule has 2 amide bonds. The van der Waals surface area contributed by atoms with E-state index in [1.165, 1.54) is 25.3 Å². The molecule has 2 rings (SSSR count). The van der Waals surface area contributed by atoms with Crippen LogP contribution in [0.25, 0.3) is 0 Å². The first-order valence-corrected chi connectivity index (χ1v) is 7.08. The predicted octanol–water partition coefficient (Wildman–Crippen LogP) is 3.31. The lowest BCUT2D eigenvalue weighted by atomic mass is 10.2. The molecule has 0 unspecified atom stereocenters. The SMILES string of the molecule is COc1ccc([N+](=O)[O-])cc1NC(=O)Nc1ccc(N(C)C)cc1. The number of nitro benzene ring substituents is 1. The van der Waals surface area contributed by atoms with Crippen LogP contribution in [0.1, 0.15) is 0 Å². The van der Waals surface area contributed by atoms with Crippen molar-refractivity contribution in [2.24, 2.45) is 0 Å². The third-order valence-electron chi connectivity index (χ3n) is 3.28. The van der Waals surface area contributed by atoms with Gasteiger partial charge in [0.25, 0.3) is 5.69 Å². The molecule has 0 radical (unpaired) electrons. The summed E-state index contributed by atoms with van der Waals surface area (Å²) in [6.45, 7) is 0. The first kappa shape index (κ1) is 17.1. The topological polar surface area (TPSA) is 96.7 Å². The highest BCUT2D eigenvalue weighted by Crippen LogP contribution is 2.29. The van der Waals surface area contributed by atoms with Crippen LogP contribution >= 0.6 is 0 Å². The first-order chi connectivity index (χ1) is 11.4. The zero-order valence-electron chi connectivity index (χ0n) is 13.6. The molecule has 0 fully saturated rings. The Labute approximate surface area is 139 Å². The molecule has 2 N–H and O–H groups in total. The minimum atomic E-state index is -0.539. The van der Waals surface area contributed by atoms with Gasteiger partial charge in [-0.3, -0.25) is 10.1 Å². The fourth-order valence-corrected chi connectivity index (χ4v) is 2.03. The third kappa shape index (κ3) is 4.13. The first-order valence-electron chi connectivity index (χ1n) is 7.08. The minimum Gasteiger partial charge on any atom is -0.495 e. The smallest absolute Gasteiger partial charge is 0.323 e. The van der Waals surface area contributed by atoms with Crippen molar-refractivity contribution in [1.82, 2.24) is 0 Å². The normalized spacial score (nSPS) is 9.96. The van der Waals surface area contributed by atoms with Gasteiger partial charge in [0.2, 0.25) is 0 Å². The highest BCUT2D eigenvalue weighted by atomic mass is 16.6. The summed E-state index contributed by atoms with van der Waals surface area (Å²) in [5.41, 5.74) is 1.68. The summed E-state index contributed by atoms with van der Waals surface area (Å²) in [5, 5.41) is 16.1. The number of nitrogens with one attached hydrogen (secondary N) is 2. The van der Waals surface area contributed by atoms with Crippen LogP contribution in [0.15, 0.2) is 42.5 Å². The lowest BCUT2D eigenvalue weighted by Crippen LogP contribution is -2.20. The molecule has 0 saturated heterocycles. The van der Waals surface area contributed by atoms with E-state index in [1.807, 2.05) is 31.1 Å². The van der Waals surface area contributed by atoms with E-state index in [4.69, 9.17) is 4.74 Å². The molecule has 0 aromatic heterocycles. The van der Waals surface area contributed by atoms with E-state index >= 15 is 0 Å². The van der Waals surface area contributed by atoms with Gasteiger partial charge < -0.3 is 20.3 Å². The number of rotatable bonds is 5. The summed E-state index contributed by atoms with van der Waals surface area (Å²) in [6, 6.07) is 10.7. The number of methoxy groups -OCH3 is 1. The fraction of sp³-hybridized carbons (Fsp3) is 0.188. The molecule has 2 aromatic rings. The molecule has 8 nitrogen and oxygen atoms in total. The van der Waals surface area contributed by atoms with E-state index in [-0.39, 0.29) is 11.4 Å². The lowest BCUT2D eigenvalue weighted by Gasteiger charge is -2.14. The molecule has 0 heterocycles. The Morgan fingerprint density at radius 2 is 1.79 bits per heavy atom. The summed E-state index contributed by atoms with van der Waals surface area (Å²) in [5.74, 6) is 0.332. The highest BCUT2D eigenvalue weighted by Gasteiger charge is 2.13. The Balaban J connectivity index is 2.11. The number of amides is 2. The average molecular weight is 330 g/mol. The van der Waals surface area contributed by atoms with Gasteiger partial charge in [-0.25, -0.2) is 4.79 Å². The second-order valence-corrected chi connectivity index (χ2v) is 5.16. The van der Waals surface area contributed by atoms with Gasteiger partial charge in [0.1, 0.15) is 5.75 Å². The maximum atomic E-state index is 12.1. The summed E-state index contributed by atoms with van der Waals surface area (Å²) in [7, 11) is 5.26. The van der Waals surface area contributed by atoms with Gasteiger partial charge in [0.05, 0.1) is 17.7 Å². The van der Waals surface area contributed by atoms with E-state index in [0.29, 0.717) is 11.4 Å². The van der Waals surface area contributed by atoms with Crippen molar-refractivity contribution in [2.75, 3.05) is 36.7 Å². The van der Waals surface area contributed by atoms with Crippen LogP contribution in [0.4, 0.5) is 27.5 Å². The standard InChI is InChI=1S/C16H18N4O4/c1-19(2)12-6-4-11(5-7-12)17-16(21)18-14-10-13(20(22)23)8-9-15(14)24-3/h4-10H,1-3H3,(H2,17,18,21). The molecule has 126 valence electrons. The number of hydrogen-bond donors (Lipinski definition) is 2. The Bertz CT molecular complexity index is 744. The Kier molecular flexibility index (Phi) is 5.20. The van der Waals surface area contributed by atoms with Crippen LogP contribution in [0, 0.1) is 10.1 Å². The van der Waals surface area contributed by atoms with Crippen molar-refractivity contribution in [2.45, 2.75) is 0 Å². The van der Waals surface area contributed by atoms with Gasteiger partial charge in [-0.15, -0.1) is 0 Å². The number of carbonyl (C=O) groups is 1. The molecule has 0 bridgehead atoms. The van der Waals surface area contributed by atoms with E-state index in [9.17, 15) is 14.9 Å². The molecular weight excluding hydrogens is 312 g/mol. The average Bonchev–Trinajstić information content (AvgIpc) is 2.55. The predicted molar refractivity (Wildman–Crippen MR) is 93.1 cm³/mol. The zero-order valence-corrected chi connectivity index (χ0v) is 13.6. The number of benzene rings is 2. The van der Waals surface area contributed by atoms with Crippen LogP contribution in [0.3, 0.4) is 0 Å². The van der Waals surface area contributed by atoms with Crippen molar-refractivity contribution in [3.05, 3.63) is 52.6 Å². The second kappa shape index (κ2) is 7.32. The van der Waals surface area contributed by atoms with Crippen LogP contribution < -0.4 is 20.3 Å². The van der Waals surface area contributed by atoms with Gasteiger partial charge >= 0.3 is 6.03 Å². The Hall–Kier alpha value is -3.29. The quantitative estimate of drug-likeness (QED) is 0.647. The molecule has 0 atom stereocenters. The Morgan fingerprint density at radius 1 is 1.12 bits per heavy atom. The molecule has 0 saturated carbocycles. The van der Waals surface area contributed by atoms with Gasteiger partial charge in [-0.2, -0.15) is 0 Å². The Morgan fingerprint density at radius 3 is 2.33 bits per heavy atom. The van der Waals surface area contributed by atoms with Crippen molar-refractivity contribution < 1.29 is 14.5 Å². The molecule has 24 heavy (non-hydrogen) atoms. The molecule has 0 aliphatic rings. The van der Waals surface area contributed by atoms with Crippen molar-refractivity contribution in [3.63, 3.8) is 0 Å². The maximum absolute atomic E-state index is 12.1. The summed E-state index contributed by atoms with van der Waals surface area (Å²) in [4.78, 5) is 24.3. The van der Waals surface area contributed by atoms with Crippen LogP contribution in [0.5, 0.6) is 5.75 Å². The maximum Gasteiger partial charge on any atom is 0.323 e. The number of urea groups is 1. The molecule has 2 aromatic carbocycles. The van der Waals surface area contributed by atoms with Crippen molar-refractivity contribution in [3.8, 4) is 5.75 Å². The number of nitrogens with zero attached hydrogens (tertiary/aromatic N) is 2. The van der Waals surface area contributed by atoms with Crippen molar-refractivity contribution in [1.29, 1.82) is 0 Å². The van der Waals surface area contributed by atoms with Crippen LogP contribution in [-0.2, 0) is 0 Å². The highest BCUT2D eigenvalue weighted by molar-refractivity contribution is 6.01. The number of hydrogen-bond acceptors (Lipinski definition) is 5. The van der Waals surface area contributed by atoms with E-state index in [0.717, 1.165) is 5.69 Å². The summed E-state index contributed by atoms with van der Waals surface area (Å²) < 4.78 is 5.10. The summed E-state index contributed by atoms with van der Waals surface area (Å²) >= 11 is 0. The van der Waals surface area contributed by atoms with Crippen molar-refractivity contribution >= 4 is 28.8 Å². The third-order valence-corrected chi connectivity index (χ3v) is 3.28. The van der Waals surface area contributed by atoms with E-state index in [1.54, 1.807) is 12.1 Å². The lowest BCUT2D eigenvalue weighted by molar-refractivity contribution is -0.384. The number of non-ortho nitro benzene ring substituents is 1. The molecular formula is C16H18N4O4. The van der Waals surface area contributed by atoms with Gasteiger partial charge in [0, 0.05) is 37.6 Å². The minimum absolute atomic E-state index is 0.138. The number of nitro groups is 1. The van der Waals surface area contributed by atoms with Gasteiger partial charge in [0.15, 0.2) is 0 Å². The van der Waals surface area contributed by atoms with Gasteiger partial charge in [-0.05, 0) is 30.3 Å². The molecule has 0 aliphatic heterocycles. The fourth-order valence-electron chi connectivity index (χ4n) is 2.03. The molecule has 8 heteroatoms.